The highest BCUT2D eigenvalue weighted by molar-refractivity contribution is 6.03. The molecule has 0 saturated carbocycles. The van der Waals surface area contributed by atoms with Crippen molar-refractivity contribution in [2.45, 2.75) is 26.4 Å². The SMILES string of the molecule is Cc1cccc2c1C(NCc1nnc(-c3ccc(C)n3C)o1)C(=O)N2. The molecular weight excluding hydrogens is 318 g/mol. The van der Waals surface area contributed by atoms with E-state index in [-0.39, 0.29) is 5.91 Å². The van der Waals surface area contributed by atoms with E-state index < -0.39 is 6.04 Å². The van der Waals surface area contributed by atoms with E-state index in [0.717, 1.165) is 28.2 Å². The minimum atomic E-state index is -0.413. The van der Waals surface area contributed by atoms with Crippen LogP contribution in [0, 0.1) is 13.8 Å². The molecule has 7 nitrogen and oxygen atoms in total. The number of nitrogens with one attached hydrogen (secondary N) is 2. The van der Waals surface area contributed by atoms with E-state index in [1.54, 1.807) is 0 Å². The van der Waals surface area contributed by atoms with Gasteiger partial charge in [-0.2, -0.15) is 0 Å². The van der Waals surface area contributed by atoms with Crippen molar-refractivity contribution in [2.24, 2.45) is 7.05 Å². The molecule has 25 heavy (non-hydrogen) atoms. The molecule has 2 aromatic heterocycles. The number of hydrogen-bond donors (Lipinski definition) is 2. The summed E-state index contributed by atoms with van der Waals surface area (Å²) in [6, 6.07) is 9.37. The molecule has 0 bridgehead atoms. The average molecular weight is 337 g/mol. The fourth-order valence-corrected chi connectivity index (χ4v) is 3.15. The summed E-state index contributed by atoms with van der Waals surface area (Å²) in [7, 11) is 1.95. The maximum absolute atomic E-state index is 12.2. The predicted octanol–water partition coefficient (Wildman–Crippen LogP) is 2.47. The number of benzene rings is 1. The molecular formula is C18H19N5O2. The van der Waals surface area contributed by atoms with Gasteiger partial charge in [-0.1, -0.05) is 12.1 Å². The van der Waals surface area contributed by atoms with Crippen LogP contribution in [0.4, 0.5) is 5.69 Å². The highest BCUT2D eigenvalue weighted by atomic mass is 16.4. The van der Waals surface area contributed by atoms with Gasteiger partial charge >= 0.3 is 0 Å². The van der Waals surface area contributed by atoms with Crippen LogP contribution < -0.4 is 10.6 Å². The Hall–Kier alpha value is -2.93. The zero-order valence-corrected chi connectivity index (χ0v) is 14.3. The molecule has 1 unspecified atom stereocenters. The van der Waals surface area contributed by atoms with Gasteiger partial charge in [-0.3, -0.25) is 10.1 Å². The highest BCUT2D eigenvalue weighted by Gasteiger charge is 2.31. The van der Waals surface area contributed by atoms with Crippen molar-refractivity contribution in [3.05, 3.63) is 53.0 Å². The van der Waals surface area contributed by atoms with Crippen molar-refractivity contribution >= 4 is 11.6 Å². The van der Waals surface area contributed by atoms with E-state index in [0.29, 0.717) is 18.3 Å². The molecule has 0 saturated heterocycles. The lowest BCUT2D eigenvalue weighted by atomic mass is 10.0. The smallest absolute Gasteiger partial charge is 0.264 e. The lowest BCUT2D eigenvalue weighted by Crippen LogP contribution is -2.27. The third-order valence-corrected chi connectivity index (χ3v) is 4.65. The molecule has 0 aliphatic carbocycles. The summed E-state index contributed by atoms with van der Waals surface area (Å²) in [6.45, 7) is 4.33. The molecule has 1 amide bonds. The maximum Gasteiger partial charge on any atom is 0.264 e. The van der Waals surface area contributed by atoms with E-state index in [1.165, 1.54) is 0 Å². The van der Waals surface area contributed by atoms with Gasteiger partial charge in [0, 0.05) is 24.0 Å². The number of anilines is 1. The Balaban J connectivity index is 1.52. The second kappa shape index (κ2) is 5.86. The van der Waals surface area contributed by atoms with Gasteiger partial charge in [-0.05, 0) is 37.6 Å². The molecule has 0 fully saturated rings. The van der Waals surface area contributed by atoms with Crippen molar-refractivity contribution in [3.8, 4) is 11.6 Å². The average Bonchev–Trinajstić information content (AvgIpc) is 3.25. The number of carbonyl (C=O) groups is 1. The van der Waals surface area contributed by atoms with Crippen LogP contribution in [0.2, 0.25) is 0 Å². The summed E-state index contributed by atoms with van der Waals surface area (Å²) < 4.78 is 7.73. The molecule has 4 rings (SSSR count). The Labute approximate surface area is 145 Å². The molecule has 3 heterocycles. The van der Waals surface area contributed by atoms with Crippen LogP contribution in [0.1, 0.15) is 28.8 Å². The molecule has 1 atom stereocenters. The van der Waals surface area contributed by atoms with E-state index in [4.69, 9.17) is 4.42 Å². The summed E-state index contributed by atoms with van der Waals surface area (Å²) >= 11 is 0. The van der Waals surface area contributed by atoms with Crippen LogP contribution in [0.25, 0.3) is 11.6 Å². The van der Waals surface area contributed by atoms with Crippen molar-refractivity contribution in [2.75, 3.05) is 5.32 Å². The highest BCUT2D eigenvalue weighted by Crippen LogP contribution is 2.33. The molecule has 0 spiro atoms. The van der Waals surface area contributed by atoms with Crippen molar-refractivity contribution < 1.29 is 9.21 Å². The van der Waals surface area contributed by atoms with Crippen LogP contribution in [0.3, 0.4) is 0 Å². The van der Waals surface area contributed by atoms with Gasteiger partial charge in [-0.15, -0.1) is 10.2 Å². The molecule has 1 aliphatic heterocycles. The van der Waals surface area contributed by atoms with Gasteiger partial charge in [0.2, 0.25) is 11.8 Å². The summed E-state index contributed by atoms with van der Waals surface area (Å²) in [5, 5.41) is 14.3. The molecule has 128 valence electrons. The van der Waals surface area contributed by atoms with Gasteiger partial charge < -0.3 is 14.3 Å². The number of carbonyl (C=O) groups excluding carboxylic acids is 1. The lowest BCUT2D eigenvalue weighted by Gasteiger charge is -2.11. The Morgan fingerprint density at radius 2 is 2.08 bits per heavy atom. The van der Waals surface area contributed by atoms with E-state index in [2.05, 4.69) is 20.8 Å². The summed E-state index contributed by atoms with van der Waals surface area (Å²) in [5.74, 6) is 0.852. The fourth-order valence-electron chi connectivity index (χ4n) is 3.15. The predicted molar refractivity (Wildman–Crippen MR) is 92.8 cm³/mol. The third kappa shape index (κ3) is 2.62. The number of aryl methyl sites for hydroxylation is 2. The second-order valence-corrected chi connectivity index (χ2v) is 6.26. The maximum atomic E-state index is 12.2. The Morgan fingerprint density at radius 3 is 2.84 bits per heavy atom. The zero-order chi connectivity index (χ0) is 17.6. The van der Waals surface area contributed by atoms with Gasteiger partial charge in [-0.25, -0.2) is 0 Å². The Kier molecular flexibility index (Phi) is 3.65. The number of nitrogens with zero attached hydrogens (tertiary/aromatic N) is 3. The van der Waals surface area contributed by atoms with Crippen molar-refractivity contribution in [1.82, 2.24) is 20.1 Å². The van der Waals surface area contributed by atoms with Crippen LogP contribution >= 0.6 is 0 Å². The van der Waals surface area contributed by atoms with E-state index in [9.17, 15) is 4.79 Å². The number of amides is 1. The van der Waals surface area contributed by atoms with Crippen LogP contribution in [0.15, 0.2) is 34.7 Å². The molecule has 0 radical (unpaired) electrons. The van der Waals surface area contributed by atoms with Crippen LogP contribution in [-0.4, -0.2) is 20.7 Å². The van der Waals surface area contributed by atoms with Gasteiger partial charge in [0.05, 0.1) is 6.54 Å². The van der Waals surface area contributed by atoms with Crippen molar-refractivity contribution in [1.29, 1.82) is 0 Å². The van der Waals surface area contributed by atoms with Crippen LogP contribution in [-0.2, 0) is 18.4 Å². The van der Waals surface area contributed by atoms with Gasteiger partial charge in [0.1, 0.15) is 11.7 Å². The summed E-state index contributed by atoms with van der Waals surface area (Å²) in [6.07, 6.45) is 0. The lowest BCUT2D eigenvalue weighted by molar-refractivity contribution is -0.117. The number of fused-ring (bicyclic) bond motifs is 1. The molecule has 1 aliphatic rings. The Morgan fingerprint density at radius 1 is 1.24 bits per heavy atom. The summed E-state index contributed by atoms with van der Waals surface area (Å²) in [5.41, 5.74) is 4.88. The molecule has 1 aromatic carbocycles. The standard InChI is InChI=1S/C18H19N5O2/c1-10-5-4-6-12-15(10)16(17(24)20-12)19-9-14-21-22-18(25-14)13-8-7-11(2)23(13)3/h4-8,16,19H,9H2,1-3H3,(H,20,24). The number of rotatable bonds is 4. The Bertz CT molecular complexity index is 956. The largest absolute Gasteiger partial charge is 0.418 e. The van der Waals surface area contributed by atoms with Gasteiger partial charge in [0.15, 0.2) is 0 Å². The first kappa shape index (κ1) is 15.6. The minimum Gasteiger partial charge on any atom is -0.418 e. The molecule has 7 heteroatoms. The van der Waals surface area contributed by atoms with E-state index in [1.807, 2.05) is 55.8 Å². The number of hydrogen-bond acceptors (Lipinski definition) is 5. The topological polar surface area (TPSA) is 85.0 Å². The number of aromatic nitrogens is 3. The quantitative estimate of drug-likeness (QED) is 0.764. The summed E-state index contributed by atoms with van der Waals surface area (Å²) in [4.78, 5) is 12.2. The van der Waals surface area contributed by atoms with E-state index >= 15 is 0 Å². The first-order valence-electron chi connectivity index (χ1n) is 8.13. The second-order valence-electron chi connectivity index (χ2n) is 6.26. The fraction of sp³-hybridized carbons (Fsp3) is 0.278. The first-order valence-corrected chi connectivity index (χ1v) is 8.13. The normalized spacial score (nSPS) is 16.1. The molecule has 3 aromatic rings. The minimum absolute atomic E-state index is 0.0675. The third-order valence-electron chi connectivity index (χ3n) is 4.65. The monoisotopic (exact) mass is 337 g/mol. The molecule has 2 N–H and O–H groups in total. The zero-order valence-electron chi connectivity index (χ0n) is 14.3. The van der Waals surface area contributed by atoms with Crippen molar-refractivity contribution in [3.63, 3.8) is 0 Å². The first-order chi connectivity index (χ1) is 12.0. The van der Waals surface area contributed by atoms with Crippen LogP contribution in [0.5, 0.6) is 0 Å². The van der Waals surface area contributed by atoms with Gasteiger partial charge in [0.25, 0.3) is 5.89 Å².